The molecule has 2 nitrogen and oxygen atoms in total. The SMILES string of the molecule is N[C@@H](Cc1ccccc1)[C@H](O)C(F)(F)C(F)(F)C(F)(F)C(F)(F)F. The van der Waals surface area contributed by atoms with Crippen LogP contribution in [0.1, 0.15) is 5.56 Å². The first kappa shape index (κ1) is 20.6. The first-order valence-corrected chi connectivity index (χ1v) is 6.34. The predicted octanol–water partition coefficient (Wildman–Crippen LogP) is 3.39. The molecule has 1 aromatic carbocycles. The minimum Gasteiger partial charge on any atom is -0.385 e. The molecule has 0 fully saturated rings. The Kier molecular flexibility index (Phi) is 5.51. The van der Waals surface area contributed by atoms with Gasteiger partial charge in [-0.1, -0.05) is 30.3 Å². The van der Waals surface area contributed by atoms with Crippen molar-refractivity contribution in [2.24, 2.45) is 5.73 Å². The summed E-state index contributed by atoms with van der Waals surface area (Å²) in [4.78, 5) is 0. The van der Waals surface area contributed by atoms with E-state index in [1.54, 1.807) is 0 Å². The summed E-state index contributed by atoms with van der Waals surface area (Å²) in [5.74, 6) is -20.1. The third kappa shape index (κ3) is 3.46. The number of alkyl halides is 9. The van der Waals surface area contributed by atoms with Gasteiger partial charge in [0.1, 0.15) is 6.10 Å². The molecule has 0 amide bonds. The molecule has 3 N–H and O–H groups in total. The molecule has 1 aromatic rings. The van der Waals surface area contributed by atoms with Gasteiger partial charge in [0.25, 0.3) is 0 Å². The second-order valence-corrected chi connectivity index (χ2v) is 5.07. The smallest absolute Gasteiger partial charge is 0.385 e. The highest BCUT2D eigenvalue weighted by Crippen LogP contribution is 2.54. The van der Waals surface area contributed by atoms with E-state index in [0.717, 1.165) is 0 Å². The summed E-state index contributed by atoms with van der Waals surface area (Å²) < 4.78 is 115. The van der Waals surface area contributed by atoms with Crippen LogP contribution in [-0.4, -0.2) is 41.2 Å². The lowest BCUT2D eigenvalue weighted by Gasteiger charge is -2.37. The van der Waals surface area contributed by atoms with Crippen molar-refractivity contribution in [1.82, 2.24) is 0 Å². The van der Waals surface area contributed by atoms with Crippen LogP contribution in [0.3, 0.4) is 0 Å². The van der Waals surface area contributed by atoms with Gasteiger partial charge in [-0.15, -0.1) is 0 Å². The number of halogens is 9. The van der Waals surface area contributed by atoms with Crippen LogP contribution in [0.4, 0.5) is 39.5 Å². The summed E-state index contributed by atoms with van der Waals surface area (Å²) in [6, 6.07) is 4.76. The van der Waals surface area contributed by atoms with Crippen molar-refractivity contribution in [3.05, 3.63) is 35.9 Å². The van der Waals surface area contributed by atoms with Crippen molar-refractivity contribution in [3.8, 4) is 0 Å². The average Bonchev–Trinajstić information content (AvgIpc) is 2.45. The Morgan fingerprint density at radius 3 is 1.71 bits per heavy atom. The molecule has 0 heterocycles. The van der Waals surface area contributed by atoms with Crippen molar-refractivity contribution in [3.63, 3.8) is 0 Å². The van der Waals surface area contributed by atoms with Crippen LogP contribution >= 0.6 is 0 Å². The summed E-state index contributed by atoms with van der Waals surface area (Å²) >= 11 is 0. The largest absolute Gasteiger partial charge is 0.460 e. The Bertz CT molecular complexity index is 544. The number of hydrogen-bond donors (Lipinski definition) is 2. The molecule has 0 spiro atoms. The molecule has 0 saturated carbocycles. The lowest BCUT2D eigenvalue weighted by molar-refractivity contribution is -0.406. The van der Waals surface area contributed by atoms with Crippen LogP contribution in [-0.2, 0) is 6.42 Å². The van der Waals surface area contributed by atoms with Crippen LogP contribution in [0.15, 0.2) is 30.3 Å². The summed E-state index contributed by atoms with van der Waals surface area (Å²) in [5.41, 5.74) is 5.28. The Labute approximate surface area is 130 Å². The van der Waals surface area contributed by atoms with Gasteiger partial charge in [0.2, 0.25) is 0 Å². The summed E-state index contributed by atoms with van der Waals surface area (Å²) in [6.45, 7) is 0. The zero-order chi connectivity index (χ0) is 19.0. The lowest BCUT2D eigenvalue weighted by Crippen LogP contribution is -2.67. The molecule has 0 aromatic heterocycles. The molecule has 0 aliphatic carbocycles. The van der Waals surface area contributed by atoms with Gasteiger partial charge in [0, 0.05) is 6.04 Å². The van der Waals surface area contributed by atoms with E-state index in [4.69, 9.17) is 5.73 Å². The molecule has 11 heteroatoms. The van der Waals surface area contributed by atoms with E-state index >= 15 is 0 Å². The van der Waals surface area contributed by atoms with Gasteiger partial charge >= 0.3 is 23.9 Å². The van der Waals surface area contributed by atoms with Crippen LogP contribution < -0.4 is 5.73 Å². The normalized spacial score (nSPS) is 16.8. The van der Waals surface area contributed by atoms with Gasteiger partial charge in [-0.3, -0.25) is 0 Å². The fourth-order valence-electron chi connectivity index (χ4n) is 1.84. The molecule has 0 unspecified atom stereocenters. The molecule has 2 atom stereocenters. The molecule has 138 valence electrons. The van der Waals surface area contributed by atoms with Crippen molar-refractivity contribution in [2.45, 2.75) is 42.5 Å². The fraction of sp³-hybridized carbons (Fsp3) is 0.538. The van der Waals surface area contributed by atoms with E-state index in [-0.39, 0.29) is 5.56 Å². The van der Waals surface area contributed by atoms with Crippen LogP contribution in [0.5, 0.6) is 0 Å². The molecule has 0 bridgehead atoms. The van der Waals surface area contributed by atoms with E-state index < -0.39 is 42.5 Å². The van der Waals surface area contributed by atoms with E-state index in [9.17, 15) is 44.6 Å². The molecular formula is C13H12F9NO. The maximum absolute atomic E-state index is 13.5. The number of aliphatic hydroxyl groups is 1. The first-order chi connectivity index (χ1) is 10.7. The monoisotopic (exact) mass is 369 g/mol. The highest BCUT2D eigenvalue weighted by Gasteiger charge is 2.83. The Balaban J connectivity index is 3.08. The molecule has 0 aliphatic heterocycles. The minimum absolute atomic E-state index is 0.186. The van der Waals surface area contributed by atoms with Crippen molar-refractivity contribution in [1.29, 1.82) is 0 Å². The topological polar surface area (TPSA) is 46.2 Å². The molecule has 0 radical (unpaired) electrons. The van der Waals surface area contributed by atoms with E-state index in [1.165, 1.54) is 30.3 Å². The third-order valence-corrected chi connectivity index (χ3v) is 3.26. The zero-order valence-corrected chi connectivity index (χ0v) is 11.7. The maximum atomic E-state index is 13.5. The number of benzene rings is 1. The van der Waals surface area contributed by atoms with Gasteiger partial charge in [-0.05, 0) is 12.0 Å². The van der Waals surface area contributed by atoms with E-state index in [0.29, 0.717) is 0 Å². The molecular weight excluding hydrogens is 357 g/mol. The van der Waals surface area contributed by atoms with Gasteiger partial charge in [-0.25, -0.2) is 0 Å². The highest BCUT2D eigenvalue weighted by atomic mass is 19.4. The van der Waals surface area contributed by atoms with Crippen LogP contribution in [0.2, 0.25) is 0 Å². The van der Waals surface area contributed by atoms with Gasteiger partial charge in [0.05, 0.1) is 0 Å². The molecule has 0 aliphatic rings. The Hall–Kier alpha value is -1.49. The van der Waals surface area contributed by atoms with Crippen LogP contribution in [0.25, 0.3) is 0 Å². The van der Waals surface area contributed by atoms with Gasteiger partial charge in [0.15, 0.2) is 0 Å². The second kappa shape index (κ2) is 6.43. The Morgan fingerprint density at radius 1 is 0.833 bits per heavy atom. The van der Waals surface area contributed by atoms with E-state index in [1.807, 2.05) is 0 Å². The fourth-order valence-corrected chi connectivity index (χ4v) is 1.84. The third-order valence-electron chi connectivity index (χ3n) is 3.26. The van der Waals surface area contributed by atoms with E-state index in [2.05, 4.69) is 0 Å². The van der Waals surface area contributed by atoms with Crippen molar-refractivity contribution < 1.29 is 44.6 Å². The molecule has 1 rings (SSSR count). The highest BCUT2D eigenvalue weighted by molar-refractivity contribution is 5.17. The molecule has 0 saturated heterocycles. The quantitative estimate of drug-likeness (QED) is 0.756. The summed E-state index contributed by atoms with van der Waals surface area (Å²) in [5, 5.41) is 9.22. The number of aliphatic hydroxyl groups excluding tert-OH is 1. The average molecular weight is 369 g/mol. The number of rotatable bonds is 6. The molecule has 24 heavy (non-hydrogen) atoms. The summed E-state index contributed by atoms with van der Waals surface area (Å²) in [6.07, 6.45) is -11.2. The Morgan fingerprint density at radius 2 is 1.29 bits per heavy atom. The summed E-state index contributed by atoms with van der Waals surface area (Å²) in [7, 11) is 0. The van der Waals surface area contributed by atoms with Crippen molar-refractivity contribution >= 4 is 0 Å². The van der Waals surface area contributed by atoms with Gasteiger partial charge < -0.3 is 10.8 Å². The maximum Gasteiger partial charge on any atom is 0.460 e. The predicted molar refractivity (Wildman–Crippen MR) is 65.0 cm³/mol. The number of hydrogen-bond acceptors (Lipinski definition) is 2. The van der Waals surface area contributed by atoms with Crippen molar-refractivity contribution in [2.75, 3.05) is 0 Å². The first-order valence-electron chi connectivity index (χ1n) is 6.34. The van der Waals surface area contributed by atoms with Gasteiger partial charge in [-0.2, -0.15) is 39.5 Å². The lowest BCUT2D eigenvalue weighted by atomic mass is 9.91. The number of nitrogens with two attached hydrogens (primary N) is 1. The standard InChI is InChI=1S/C13H12F9NO/c14-10(15,11(16,17)12(18,19)13(20,21)22)9(24)8(23)6-7-4-2-1-3-5-7/h1-5,8-9,24H,6,23H2/t8-,9-/m0/s1. The second-order valence-electron chi connectivity index (χ2n) is 5.07. The van der Waals surface area contributed by atoms with Crippen LogP contribution in [0, 0.1) is 0 Å². The zero-order valence-electron chi connectivity index (χ0n) is 11.7. The minimum atomic E-state index is -7.06.